The fraction of sp³-hybridized carbons (Fsp3) is 0.263. The van der Waals surface area contributed by atoms with Crippen molar-refractivity contribution in [2.45, 2.75) is 25.9 Å². The molecule has 0 bridgehead atoms. The molecule has 0 aliphatic carbocycles. The van der Waals surface area contributed by atoms with E-state index in [2.05, 4.69) is 0 Å². The predicted octanol–water partition coefficient (Wildman–Crippen LogP) is 2.26. The normalized spacial score (nSPS) is 19.3. The van der Waals surface area contributed by atoms with Gasteiger partial charge in [0.25, 0.3) is 5.91 Å². The van der Waals surface area contributed by atoms with Crippen molar-refractivity contribution in [2.75, 3.05) is 11.5 Å². The van der Waals surface area contributed by atoms with Crippen LogP contribution in [0.3, 0.4) is 0 Å². The quantitative estimate of drug-likeness (QED) is 0.691. The maximum absolute atomic E-state index is 13.0. The first-order chi connectivity index (χ1) is 11.5. The van der Waals surface area contributed by atoms with Gasteiger partial charge in [-0.25, -0.2) is 4.79 Å². The Labute approximate surface area is 141 Å². The van der Waals surface area contributed by atoms with Crippen LogP contribution >= 0.6 is 0 Å². The molecule has 0 saturated carbocycles. The zero-order valence-electron chi connectivity index (χ0n) is 13.8. The van der Waals surface area contributed by atoms with Crippen molar-refractivity contribution in [3.8, 4) is 0 Å². The lowest BCUT2D eigenvalue weighted by molar-refractivity contribution is -0.153. The molecule has 1 heterocycles. The lowest BCUT2D eigenvalue weighted by Crippen LogP contribution is -2.53. The highest BCUT2D eigenvalue weighted by atomic mass is 16.5. The van der Waals surface area contributed by atoms with E-state index in [0.717, 1.165) is 11.1 Å². The lowest BCUT2D eigenvalue weighted by atomic mass is 9.91. The first-order valence-electron chi connectivity index (χ1n) is 7.91. The second-order valence-electron chi connectivity index (χ2n) is 5.93. The molecule has 2 aromatic carbocycles. The maximum Gasteiger partial charge on any atom is 0.340 e. The molecule has 124 valence electrons. The van der Waals surface area contributed by atoms with E-state index in [1.807, 2.05) is 49.4 Å². The smallest absolute Gasteiger partial charge is 0.340 e. The molecule has 0 saturated heterocycles. The molecule has 0 radical (unpaired) electrons. The van der Waals surface area contributed by atoms with Crippen LogP contribution in [0.5, 0.6) is 0 Å². The summed E-state index contributed by atoms with van der Waals surface area (Å²) in [5, 5.41) is 0. The van der Waals surface area contributed by atoms with Gasteiger partial charge in [0.1, 0.15) is 0 Å². The number of aryl methyl sites for hydroxylation is 1. The van der Waals surface area contributed by atoms with E-state index in [4.69, 9.17) is 10.5 Å². The zero-order valence-corrected chi connectivity index (χ0v) is 13.8. The fourth-order valence-corrected chi connectivity index (χ4v) is 3.00. The predicted molar refractivity (Wildman–Crippen MR) is 91.3 cm³/mol. The van der Waals surface area contributed by atoms with Gasteiger partial charge >= 0.3 is 5.97 Å². The summed E-state index contributed by atoms with van der Waals surface area (Å²) in [6.07, 6.45) is 0. The molecule has 1 aliphatic heterocycles. The highest BCUT2D eigenvalue weighted by molar-refractivity contribution is 6.19. The van der Waals surface area contributed by atoms with Crippen molar-refractivity contribution in [3.05, 3.63) is 65.2 Å². The van der Waals surface area contributed by atoms with Gasteiger partial charge in [0, 0.05) is 5.56 Å². The summed E-state index contributed by atoms with van der Waals surface area (Å²) in [5.41, 5.74) is 7.56. The summed E-state index contributed by atoms with van der Waals surface area (Å²) >= 11 is 0. The number of amides is 1. The number of nitrogens with two attached hydrogens (primary N) is 1. The van der Waals surface area contributed by atoms with Crippen LogP contribution in [-0.2, 0) is 26.4 Å². The van der Waals surface area contributed by atoms with Gasteiger partial charge in [-0.2, -0.15) is 0 Å². The summed E-state index contributed by atoms with van der Waals surface area (Å²) in [6.45, 7) is 4.12. The third-order valence-electron chi connectivity index (χ3n) is 4.23. The van der Waals surface area contributed by atoms with E-state index < -0.39 is 17.4 Å². The highest BCUT2D eigenvalue weighted by Gasteiger charge is 2.55. The fourth-order valence-electron chi connectivity index (χ4n) is 3.00. The molecule has 5 heteroatoms. The van der Waals surface area contributed by atoms with Gasteiger partial charge in [-0.05, 0) is 25.5 Å². The van der Waals surface area contributed by atoms with E-state index in [1.165, 1.54) is 0 Å². The van der Waals surface area contributed by atoms with Crippen LogP contribution in [0.4, 0.5) is 5.69 Å². The molecule has 5 nitrogen and oxygen atoms in total. The average Bonchev–Trinajstić information content (AvgIpc) is 2.79. The first kappa shape index (κ1) is 16.2. The Morgan fingerprint density at radius 3 is 2.58 bits per heavy atom. The summed E-state index contributed by atoms with van der Waals surface area (Å²) in [6, 6.07) is 15.1. The Morgan fingerprint density at radius 1 is 1.21 bits per heavy atom. The van der Waals surface area contributed by atoms with Crippen LogP contribution in [0, 0.1) is 6.92 Å². The Balaban J connectivity index is 2.07. The maximum atomic E-state index is 13.0. The summed E-state index contributed by atoms with van der Waals surface area (Å²) in [5.74, 6) is -1.16. The number of carbonyl (C=O) groups is 2. The van der Waals surface area contributed by atoms with Crippen LogP contribution in [-0.4, -0.2) is 18.5 Å². The average molecular weight is 324 g/mol. The second-order valence-corrected chi connectivity index (χ2v) is 5.93. The molecule has 1 amide bonds. The van der Waals surface area contributed by atoms with Crippen molar-refractivity contribution in [1.29, 1.82) is 0 Å². The Hall–Kier alpha value is -2.66. The largest absolute Gasteiger partial charge is 0.464 e. The van der Waals surface area contributed by atoms with Gasteiger partial charge in [-0.1, -0.05) is 48.0 Å². The number of esters is 1. The number of nitrogens with zero attached hydrogens (tertiary/aromatic N) is 1. The minimum atomic E-state index is -1.79. The Kier molecular flexibility index (Phi) is 4.11. The molecular weight excluding hydrogens is 304 g/mol. The van der Waals surface area contributed by atoms with Crippen LogP contribution in [0.15, 0.2) is 48.5 Å². The molecule has 0 aromatic heterocycles. The summed E-state index contributed by atoms with van der Waals surface area (Å²) < 4.78 is 5.08. The second kappa shape index (κ2) is 6.09. The number of carbonyl (C=O) groups excluding carboxylic acids is 2. The molecule has 0 fully saturated rings. The summed E-state index contributed by atoms with van der Waals surface area (Å²) in [4.78, 5) is 27.0. The van der Waals surface area contributed by atoms with Crippen molar-refractivity contribution < 1.29 is 14.3 Å². The van der Waals surface area contributed by atoms with Gasteiger partial charge in [0.2, 0.25) is 5.54 Å². The van der Waals surface area contributed by atoms with Crippen molar-refractivity contribution >= 4 is 17.6 Å². The van der Waals surface area contributed by atoms with Gasteiger partial charge < -0.3 is 15.4 Å². The van der Waals surface area contributed by atoms with Crippen LogP contribution in [0.1, 0.15) is 23.6 Å². The van der Waals surface area contributed by atoms with E-state index in [9.17, 15) is 9.59 Å². The van der Waals surface area contributed by atoms with Crippen LogP contribution in [0.2, 0.25) is 0 Å². The molecule has 24 heavy (non-hydrogen) atoms. The SMILES string of the molecule is CCOC(=O)C1(N)C(=O)N(Cc2ccccc2)c2ccc(C)cc21. The van der Waals surface area contributed by atoms with Crippen molar-refractivity contribution in [3.63, 3.8) is 0 Å². The number of anilines is 1. The number of benzene rings is 2. The number of hydrogen-bond acceptors (Lipinski definition) is 4. The number of hydrogen-bond donors (Lipinski definition) is 1. The highest BCUT2D eigenvalue weighted by Crippen LogP contribution is 2.40. The molecule has 0 spiro atoms. The van der Waals surface area contributed by atoms with Crippen LogP contribution in [0.25, 0.3) is 0 Å². The molecule has 1 aliphatic rings. The van der Waals surface area contributed by atoms with E-state index in [0.29, 0.717) is 17.8 Å². The standard InChI is InChI=1S/C19H20N2O3/c1-3-24-18(23)19(20)15-11-13(2)9-10-16(15)21(17(19)22)12-14-7-5-4-6-8-14/h4-11H,3,12,20H2,1-2H3. The number of rotatable bonds is 4. The lowest BCUT2D eigenvalue weighted by Gasteiger charge is -2.22. The number of ether oxygens (including phenoxy) is 1. The minimum absolute atomic E-state index is 0.172. The molecule has 2 aromatic rings. The zero-order chi connectivity index (χ0) is 17.3. The molecule has 2 N–H and O–H groups in total. The molecule has 1 atom stereocenters. The van der Waals surface area contributed by atoms with E-state index in [1.54, 1.807) is 17.9 Å². The molecule has 1 unspecified atom stereocenters. The van der Waals surface area contributed by atoms with Gasteiger partial charge in [0.05, 0.1) is 18.8 Å². The van der Waals surface area contributed by atoms with Crippen LogP contribution < -0.4 is 10.6 Å². The van der Waals surface area contributed by atoms with Crippen molar-refractivity contribution in [1.82, 2.24) is 0 Å². The Morgan fingerprint density at radius 2 is 1.92 bits per heavy atom. The minimum Gasteiger partial charge on any atom is -0.464 e. The topological polar surface area (TPSA) is 72.6 Å². The third kappa shape index (κ3) is 2.47. The van der Waals surface area contributed by atoms with Gasteiger partial charge in [-0.15, -0.1) is 0 Å². The summed E-state index contributed by atoms with van der Waals surface area (Å²) in [7, 11) is 0. The van der Waals surface area contributed by atoms with Gasteiger partial charge in [0.15, 0.2) is 0 Å². The third-order valence-corrected chi connectivity index (χ3v) is 4.23. The molecular formula is C19H20N2O3. The van der Waals surface area contributed by atoms with E-state index >= 15 is 0 Å². The number of fused-ring (bicyclic) bond motifs is 1. The monoisotopic (exact) mass is 324 g/mol. The van der Waals surface area contributed by atoms with E-state index in [-0.39, 0.29) is 6.61 Å². The Bertz CT molecular complexity index is 788. The van der Waals surface area contributed by atoms with Gasteiger partial charge in [-0.3, -0.25) is 4.79 Å². The first-order valence-corrected chi connectivity index (χ1v) is 7.91. The van der Waals surface area contributed by atoms with Crippen molar-refractivity contribution in [2.24, 2.45) is 5.73 Å². The molecule has 3 rings (SSSR count).